The molecule has 3 aromatic rings. The van der Waals surface area contributed by atoms with Crippen LogP contribution in [0.2, 0.25) is 0 Å². The zero-order chi connectivity index (χ0) is 20.2. The van der Waals surface area contributed by atoms with E-state index < -0.39 is 0 Å². The Labute approximate surface area is 176 Å². The van der Waals surface area contributed by atoms with Gasteiger partial charge in [-0.2, -0.15) is 0 Å². The van der Waals surface area contributed by atoms with Crippen molar-refractivity contribution in [2.24, 2.45) is 4.99 Å². The minimum atomic E-state index is -0.0804. The average molecular weight is 401 g/mol. The summed E-state index contributed by atoms with van der Waals surface area (Å²) in [6, 6.07) is 24.2. The maximum Gasteiger partial charge on any atom is 0.251 e. The molecule has 1 unspecified atom stereocenters. The number of aliphatic imine (C=N–C) groups is 1. The molecule has 1 N–H and O–H groups in total. The third-order valence-electron chi connectivity index (χ3n) is 5.03. The predicted molar refractivity (Wildman–Crippen MR) is 120 cm³/mol. The smallest absolute Gasteiger partial charge is 0.251 e. The van der Waals surface area contributed by atoms with Crippen molar-refractivity contribution >= 4 is 29.1 Å². The Morgan fingerprint density at radius 3 is 2.55 bits per heavy atom. The second-order valence-corrected chi connectivity index (χ2v) is 8.28. The maximum absolute atomic E-state index is 12.9. The monoisotopic (exact) mass is 400 g/mol. The molecule has 0 saturated carbocycles. The van der Waals surface area contributed by atoms with Crippen LogP contribution in [-0.4, -0.2) is 11.6 Å². The summed E-state index contributed by atoms with van der Waals surface area (Å²) in [7, 11) is 0. The van der Waals surface area contributed by atoms with E-state index in [2.05, 4.69) is 36.5 Å². The minimum Gasteiger partial charge on any atom is -0.346 e. The standard InChI is InChI=1S/C25H24N2OS/c1-3-9-21-20-12-7-8-13-23(20)29-24-15-14-19(16-22(24)27-21)25(28)26-17(2)18-10-5-4-6-11-18/h4-8,10-17H,3,9H2,1-2H3,(H,26,28). The SMILES string of the molecule is CCCC1=Nc2cc(C(=O)NC(C)c3ccccc3)ccc2Sc2ccccc21. The van der Waals surface area contributed by atoms with Gasteiger partial charge in [-0.25, -0.2) is 0 Å². The molecule has 1 aliphatic heterocycles. The molecule has 1 heterocycles. The molecule has 0 aliphatic carbocycles. The van der Waals surface area contributed by atoms with Crippen LogP contribution in [-0.2, 0) is 0 Å². The van der Waals surface area contributed by atoms with Crippen molar-refractivity contribution in [3.8, 4) is 0 Å². The third kappa shape index (κ3) is 4.28. The van der Waals surface area contributed by atoms with Crippen molar-refractivity contribution in [1.82, 2.24) is 5.32 Å². The van der Waals surface area contributed by atoms with Crippen LogP contribution >= 0.6 is 11.8 Å². The molecule has 4 heteroatoms. The fourth-order valence-electron chi connectivity index (χ4n) is 3.48. The summed E-state index contributed by atoms with van der Waals surface area (Å²) in [5.41, 5.74) is 4.88. The Bertz CT molecular complexity index is 1060. The van der Waals surface area contributed by atoms with Crippen LogP contribution in [0.25, 0.3) is 0 Å². The van der Waals surface area contributed by atoms with Gasteiger partial charge in [0.25, 0.3) is 5.91 Å². The van der Waals surface area contributed by atoms with Gasteiger partial charge in [-0.15, -0.1) is 0 Å². The summed E-state index contributed by atoms with van der Waals surface area (Å²) in [4.78, 5) is 20.1. The van der Waals surface area contributed by atoms with E-state index in [1.165, 1.54) is 10.5 Å². The fourth-order valence-corrected chi connectivity index (χ4v) is 4.51. The predicted octanol–water partition coefficient (Wildman–Crippen LogP) is 6.56. The lowest BCUT2D eigenvalue weighted by atomic mass is 10.1. The summed E-state index contributed by atoms with van der Waals surface area (Å²) in [6.07, 6.45) is 1.94. The molecule has 0 saturated heterocycles. The van der Waals surface area contributed by atoms with Crippen molar-refractivity contribution in [3.05, 3.63) is 89.5 Å². The molecule has 1 amide bonds. The molecule has 1 atom stereocenters. The van der Waals surface area contributed by atoms with E-state index in [0.717, 1.165) is 34.7 Å². The molecule has 3 aromatic carbocycles. The van der Waals surface area contributed by atoms with Crippen molar-refractivity contribution in [3.63, 3.8) is 0 Å². The fraction of sp³-hybridized carbons (Fsp3) is 0.200. The lowest BCUT2D eigenvalue weighted by molar-refractivity contribution is 0.0940. The number of carbonyl (C=O) groups is 1. The first kappa shape index (κ1) is 19.5. The van der Waals surface area contributed by atoms with E-state index in [1.54, 1.807) is 11.8 Å². The number of rotatable bonds is 5. The Kier molecular flexibility index (Phi) is 5.81. The molecule has 0 fully saturated rings. The van der Waals surface area contributed by atoms with Gasteiger partial charge in [-0.3, -0.25) is 9.79 Å². The summed E-state index contributed by atoms with van der Waals surface area (Å²) in [5, 5.41) is 3.09. The van der Waals surface area contributed by atoms with E-state index in [1.807, 2.05) is 55.5 Å². The number of nitrogens with zero attached hydrogens (tertiary/aromatic N) is 1. The lowest BCUT2D eigenvalue weighted by Crippen LogP contribution is -2.26. The molecular formula is C25H24N2OS. The molecule has 0 spiro atoms. The van der Waals surface area contributed by atoms with Crippen LogP contribution in [0.1, 0.15) is 54.2 Å². The molecule has 0 aromatic heterocycles. The summed E-state index contributed by atoms with van der Waals surface area (Å²) in [6.45, 7) is 4.17. The number of nitrogens with one attached hydrogen (secondary N) is 1. The average Bonchev–Trinajstić information content (AvgIpc) is 2.90. The van der Waals surface area contributed by atoms with Gasteiger partial charge in [0.1, 0.15) is 0 Å². The van der Waals surface area contributed by atoms with Crippen molar-refractivity contribution in [2.75, 3.05) is 0 Å². The first-order valence-corrected chi connectivity index (χ1v) is 10.8. The van der Waals surface area contributed by atoms with Crippen molar-refractivity contribution < 1.29 is 4.79 Å². The van der Waals surface area contributed by atoms with Gasteiger partial charge in [-0.1, -0.05) is 73.6 Å². The van der Waals surface area contributed by atoms with Crippen molar-refractivity contribution in [2.45, 2.75) is 42.5 Å². The first-order valence-electron chi connectivity index (χ1n) is 10.0. The van der Waals surface area contributed by atoms with E-state index >= 15 is 0 Å². The quantitative estimate of drug-likeness (QED) is 0.527. The Morgan fingerprint density at radius 1 is 1.00 bits per heavy atom. The second kappa shape index (κ2) is 8.66. The van der Waals surface area contributed by atoms with Crippen LogP contribution in [0.4, 0.5) is 5.69 Å². The van der Waals surface area contributed by atoms with Gasteiger partial charge < -0.3 is 5.32 Å². The van der Waals surface area contributed by atoms with Gasteiger partial charge in [0.15, 0.2) is 0 Å². The van der Waals surface area contributed by atoms with E-state index in [9.17, 15) is 4.79 Å². The Balaban J connectivity index is 1.64. The largest absolute Gasteiger partial charge is 0.346 e. The molecule has 4 rings (SSSR count). The zero-order valence-electron chi connectivity index (χ0n) is 16.7. The van der Waals surface area contributed by atoms with Gasteiger partial charge in [0.2, 0.25) is 0 Å². The van der Waals surface area contributed by atoms with Gasteiger partial charge in [-0.05, 0) is 43.2 Å². The van der Waals surface area contributed by atoms with Crippen LogP contribution < -0.4 is 5.32 Å². The highest BCUT2D eigenvalue weighted by atomic mass is 32.2. The van der Waals surface area contributed by atoms with Crippen LogP contribution in [0.3, 0.4) is 0 Å². The van der Waals surface area contributed by atoms with E-state index in [0.29, 0.717) is 5.56 Å². The number of hydrogen-bond donors (Lipinski definition) is 1. The number of amides is 1. The molecule has 1 aliphatic rings. The number of benzene rings is 3. The topological polar surface area (TPSA) is 41.5 Å². The highest BCUT2D eigenvalue weighted by Crippen LogP contribution is 2.41. The normalized spacial score (nSPS) is 13.5. The molecular weight excluding hydrogens is 376 g/mol. The Morgan fingerprint density at radius 2 is 1.76 bits per heavy atom. The molecule has 3 nitrogen and oxygen atoms in total. The van der Waals surface area contributed by atoms with Crippen LogP contribution in [0.5, 0.6) is 0 Å². The van der Waals surface area contributed by atoms with Crippen molar-refractivity contribution in [1.29, 1.82) is 0 Å². The summed E-state index contributed by atoms with van der Waals surface area (Å²) >= 11 is 1.72. The minimum absolute atomic E-state index is 0.0553. The highest BCUT2D eigenvalue weighted by molar-refractivity contribution is 7.99. The number of fused-ring (bicyclic) bond motifs is 2. The maximum atomic E-state index is 12.9. The number of carbonyl (C=O) groups excluding carboxylic acids is 1. The lowest BCUT2D eigenvalue weighted by Gasteiger charge is -2.15. The number of hydrogen-bond acceptors (Lipinski definition) is 3. The van der Waals surface area contributed by atoms with E-state index in [-0.39, 0.29) is 11.9 Å². The summed E-state index contributed by atoms with van der Waals surface area (Å²) in [5.74, 6) is -0.0804. The van der Waals surface area contributed by atoms with Gasteiger partial charge in [0, 0.05) is 26.6 Å². The molecule has 0 radical (unpaired) electrons. The zero-order valence-corrected chi connectivity index (χ0v) is 17.5. The van der Waals surface area contributed by atoms with E-state index in [4.69, 9.17) is 4.99 Å². The molecule has 29 heavy (non-hydrogen) atoms. The van der Waals surface area contributed by atoms with Gasteiger partial charge in [0.05, 0.1) is 11.7 Å². The van der Waals surface area contributed by atoms with Gasteiger partial charge >= 0.3 is 0 Å². The second-order valence-electron chi connectivity index (χ2n) is 7.20. The summed E-state index contributed by atoms with van der Waals surface area (Å²) < 4.78 is 0. The van der Waals surface area contributed by atoms with Crippen LogP contribution in [0.15, 0.2) is 87.6 Å². The molecule has 0 bridgehead atoms. The van der Waals surface area contributed by atoms with Crippen LogP contribution in [0, 0.1) is 0 Å². The molecule has 146 valence electrons. The first-order chi connectivity index (χ1) is 14.2. The highest BCUT2D eigenvalue weighted by Gasteiger charge is 2.19. The Hall–Kier alpha value is -2.85. The third-order valence-corrected chi connectivity index (χ3v) is 6.17.